The van der Waals surface area contributed by atoms with Crippen LogP contribution in [-0.4, -0.2) is 44.9 Å². The van der Waals surface area contributed by atoms with Crippen LogP contribution in [0.2, 0.25) is 0 Å². The molecule has 0 spiro atoms. The van der Waals surface area contributed by atoms with E-state index in [4.69, 9.17) is 15.2 Å². The maximum absolute atomic E-state index is 11.8. The Balaban J connectivity index is 2.39. The van der Waals surface area contributed by atoms with E-state index in [1.807, 2.05) is 6.92 Å². The highest BCUT2D eigenvalue weighted by Gasteiger charge is 2.31. The van der Waals surface area contributed by atoms with E-state index in [1.165, 1.54) is 0 Å². The predicted octanol–water partition coefficient (Wildman–Crippen LogP) is -0.499. The second-order valence-corrected chi connectivity index (χ2v) is 3.87. The lowest BCUT2D eigenvalue weighted by molar-refractivity contribution is -0.127. The molecule has 5 heteroatoms. The van der Waals surface area contributed by atoms with Gasteiger partial charge in [0.2, 0.25) is 5.91 Å². The number of nitrogens with two attached hydrogens (primary N) is 1. The van der Waals surface area contributed by atoms with Crippen molar-refractivity contribution in [1.29, 1.82) is 0 Å². The van der Waals surface area contributed by atoms with Gasteiger partial charge in [-0.1, -0.05) is 0 Å². The van der Waals surface area contributed by atoms with Gasteiger partial charge in [0.1, 0.15) is 0 Å². The third-order valence-corrected chi connectivity index (χ3v) is 2.71. The van der Waals surface area contributed by atoms with Crippen LogP contribution >= 0.6 is 0 Å². The topological polar surface area (TPSA) is 73.6 Å². The van der Waals surface area contributed by atoms with Crippen molar-refractivity contribution in [2.45, 2.75) is 25.5 Å². The Bertz CT molecular complexity index is 211. The maximum Gasteiger partial charge on any atom is 0.226 e. The van der Waals surface area contributed by atoms with Gasteiger partial charge < -0.3 is 20.5 Å². The van der Waals surface area contributed by atoms with Gasteiger partial charge in [-0.3, -0.25) is 4.79 Å². The van der Waals surface area contributed by atoms with Crippen molar-refractivity contribution in [2.75, 3.05) is 26.9 Å². The van der Waals surface area contributed by atoms with E-state index < -0.39 is 0 Å². The molecule has 0 bridgehead atoms. The van der Waals surface area contributed by atoms with E-state index in [-0.39, 0.29) is 24.0 Å². The van der Waals surface area contributed by atoms with Gasteiger partial charge in [-0.25, -0.2) is 0 Å². The SMILES string of the molecule is COCC(CN)NC(=O)C1CCOC1C. The van der Waals surface area contributed by atoms with Crippen LogP contribution < -0.4 is 11.1 Å². The second-order valence-electron chi connectivity index (χ2n) is 3.87. The molecule has 1 amide bonds. The normalized spacial score (nSPS) is 27.7. The highest BCUT2D eigenvalue weighted by Crippen LogP contribution is 2.20. The van der Waals surface area contributed by atoms with Crippen molar-refractivity contribution in [1.82, 2.24) is 5.32 Å². The minimum atomic E-state index is -0.102. The fraction of sp³-hybridized carbons (Fsp3) is 0.900. The lowest BCUT2D eigenvalue weighted by Crippen LogP contribution is -2.46. The van der Waals surface area contributed by atoms with Crippen LogP contribution in [0.5, 0.6) is 0 Å². The number of nitrogens with one attached hydrogen (secondary N) is 1. The number of carbonyl (C=O) groups is 1. The molecule has 5 nitrogen and oxygen atoms in total. The number of ether oxygens (including phenoxy) is 2. The van der Waals surface area contributed by atoms with E-state index in [0.717, 1.165) is 6.42 Å². The minimum absolute atomic E-state index is 0.00553. The lowest BCUT2D eigenvalue weighted by Gasteiger charge is -2.20. The fourth-order valence-electron chi connectivity index (χ4n) is 1.75. The van der Waals surface area contributed by atoms with Crippen molar-refractivity contribution in [3.8, 4) is 0 Å². The minimum Gasteiger partial charge on any atom is -0.383 e. The standard InChI is InChI=1S/C10H20N2O3/c1-7-9(3-4-15-7)10(13)12-8(5-11)6-14-2/h7-9H,3-6,11H2,1-2H3,(H,12,13). The Hall–Kier alpha value is -0.650. The Morgan fingerprint density at radius 1 is 1.73 bits per heavy atom. The molecule has 1 heterocycles. The van der Waals surface area contributed by atoms with Gasteiger partial charge in [-0.2, -0.15) is 0 Å². The van der Waals surface area contributed by atoms with E-state index in [1.54, 1.807) is 7.11 Å². The number of hydrogen-bond donors (Lipinski definition) is 2. The molecule has 88 valence electrons. The number of rotatable bonds is 5. The van der Waals surface area contributed by atoms with Crippen molar-refractivity contribution < 1.29 is 14.3 Å². The fourth-order valence-corrected chi connectivity index (χ4v) is 1.75. The summed E-state index contributed by atoms with van der Waals surface area (Å²) in [5.74, 6) is -0.0246. The molecule has 3 unspecified atom stereocenters. The van der Waals surface area contributed by atoms with Gasteiger partial charge >= 0.3 is 0 Å². The van der Waals surface area contributed by atoms with Crippen LogP contribution in [-0.2, 0) is 14.3 Å². The maximum atomic E-state index is 11.8. The zero-order valence-electron chi connectivity index (χ0n) is 9.36. The molecule has 3 atom stereocenters. The Morgan fingerprint density at radius 3 is 2.93 bits per heavy atom. The zero-order valence-corrected chi connectivity index (χ0v) is 9.36. The molecule has 0 radical (unpaired) electrons. The summed E-state index contributed by atoms with van der Waals surface area (Å²) in [6.07, 6.45) is 0.794. The highest BCUT2D eigenvalue weighted by atomic mass is 16.5. The summed E-state index contributed by atoms with van der Waals surface area (Å²) in [5, 5.41) is 2.87. The molecule has 0 aliphatic carbocycles. The molecule has 3 N–H and O–H groups in total. The molecular formula is C10H20N2O3. The average Bonchev–Trinajstić information content (AvgIpc) is 2.63. The molecule has 15 heavy (non-hydrogen) atoms. The van der Waals surface area contributed by atoms with Crippen LogP contribution in [0, 0.1) is 5.92 Å². The third-order valence-electron chi connectivity index (χ3n) is 2.71. The van der Waals surface area contributed by atoms with Gasteiger partial charge in [-0.05, 0) is 13.3 Å². The van der Waals surface area contributed by atoms with Crippen LogP contribution in [0.1, 0.15) is 13.3 Å². The largest absolute Gasteiger partial charge is 0.383 e. The van der Waals surface area contributed by atoms with Gasteiger partial charge in [0, 0.05) is 20.3 Å². The molecule has 1 aliphatic heterocycles. The Kier molecular flexibility index (Phi) is 5.01. The van der Waals surface area contributed by atoms with Crippen LogP contribution in [0.3, 0.4) is 0 Å². The molecule has 1 rings (SSSR count). The van der Waals surface area contributed by atoms with Crippen molar-refractivity contribution in [3.05, 3.63) is 0 Å². The molecule has 0 saturated carbocycles. The predicted molar refractivity (Wildman–Crippen MR) is 56.4 cm³/mol. The summed E-state index contributed by atoms with van der Waals surface area (Å²) in [6.45, 7) is 3.42. The number of amides is 1. The first-order valence-corrected chi connectivity index (χ1v) is 5.30. The van der Waals surface area contributed by atoms with Crippen LogP contribution in [0.4, 0.5) is 0 Å². The van der Waals surface area contributed by atoms with E-state index in [9.17, 15) is 4.79 Å². The Morgan fingerprint density at radius 2 is 2.47 bits per heavy atom. The zero-order chi connectivity index (χ0) is 11.3. The van der Waals surface area contributed by atoms with E-state index >= 15 is 0 Å². The van der Waals surface area contributed by atoms with Crippen LogP contribution in [0.15, 0.2) is 0 Å². The van der Waals surface area contributed by atoms with Crippen molar-refractivity contribution >= 4 is 5.91 Å². The van der Waals surface area contributed by atoms with Crippen molar-refractivity contribution in [2.24, 2.45) is 11.7 Å². The molecular weight excluding hydrogens is 196 g/mol. The highest BCUT2D eigenvalue weighted by molar-refractivity contribution is 5.79. The summed E-state index contributed by atoms with van der Waals surface area (Å²) < 4.78 is 10.3. The van der Waals surface area contributed by atoms with E-state index in [2.05, 4.69) is 5.32 Å². The monoisotopic (exact) mass is 216 g/mol. The first-order chi connectivity index (χ1) is 7.19. The summed E-state index contributed by atoms with van der Waals surface area (Å²) in [7, 11) is 1.59. The quantitative estimate of drug-likeness (QED) is 0.650. The van der Waals surface area contributed by atoms with Gasteiger partial charge in [-0.15, -0.1) is 0 Å². The summed E-state index contributed by atoms with van der Waals surface area (Å²) in [5.41, 5.74) is 5.51. The summed E-state index contributed by atoms with van der Waals surface area (Å²) >= 11 is 0. The second kappa shape index (κ2) is 6.05. The molecule has 1 fully saturated rings. The van der Waals surface area contributed by atoms with Gasteiger partial charge in [0.15, 0.2) is 0 Å². The van der Waals surface area contributed by atoms with Crippen LogP contribution in [0.25, 0.3) is 0 Å². The molecule has 1 saturated heterocycles. The van der Waals surface area contributed by atoms with Crippen molar-refractivity contribution in [3.63, 3.8) is 0 Å². The Labute approximate surface area is 90.3 Å². The lowest BCUT2D eigenvalue weighted by atomic mass is 10.0. The molecule has 0 aromatic rings. The first kappa shape index (κ1) is 12.4. The first-order valence-electron chi connectivity index (χ1n) is 5.30. The molecule has 0 aromatic carbocycles. The smallest absolute Gasteiger partial charge is 0.226 e. The van der Waals surface area contributed by atoms with Gasteiger partial charge in [0.25, 0.3) is 0 Å². The summed E-state index contributed by atoms with van der Waals surface area (Å²) in [6, 6.07) is -0.102. The number of carbonyl (C=O) groups excluding carboxylic acids is 1. The average molecular weight is 216 g/mol. The number of hydrogen-bond acceptors (Lipinski definition) is 4. The molecule has 0 aromatic heterocycles. The third kappa shape index (κ3) is 3.44. The summed E-state index contributed by atoms with van der Waals surface area (Å²) in [4.78, 5) is 11.8. The number of methoxy groups -OCH3 is 1. The van der Waals surface area contributed by atoms with Gasteiger partial charge in [0.05, 0.1) is 24.7 Å². The molecule has 1 aliphatic rings. The van der Waals surface area contributed by atoms with E-state index in [0.29, 0.717) is 19.8 Å².